The highest BCUT2D eigenvalue weighted by atomic mass is 14.3. The molecule has 0 heteroatoms. The Kier molecular flexibility index (Phi) is 2.67. The normalized spacial score (nSPS) is 13.5. The zero-order chi connectivity index (χ0) is 14.7. The van der Waals surface area contributed by atoms with E-state index in [2.05, 4.69) is 77.9 Å². The van der Waals surface area contributed by atoms with Gasteiger partial charge in [0.25, 0.3) is 0 Å². The summed E-state index contributed by atoms with van der Waals surface area (Å²) in [6, 6.07) is 13.9. The van der Waals surface area contributed by atoms with Crippen molar-refractivity contribution >= 4 is 0 Å². The van der Waals surface area contributed by atoms with Gasteiger partial charge in [-0.1, -0.05) is 65.8 Å². The highest BCUT2D eigenvalue weighted by molar-refractivity contribution is 6.02. The summed E-state index contributed by atoms with van der Waals surface area (Å²) >= 11 is 0. The first-order valence-corrected chi connectivity index (χ1v) is 7.48. The first-order valence-electron chi connectivity index (χ1n) is 7.48. The molecule has 1 aliphatic rings. The van der Waals surface area contributed by atoms with Gasteiger partial charge in [-0.3, -0.25) is 0 Å². The zero-order valence-electron chi connectivity index (χ0n) is 13.5. The van der Waals surface area contributed by atoms with Crippen LogP contribution in [0.25, 0.3) is 22.3 Å². The van der Waals surface area contributed by atoms with E-state index in [1.165, 1.54) is 33.4 Å². The molecular weight excluding hydrogens is 240 g/mol. The van der Waals surface area contributed by atoms with Crippen molar-refractivity contribution in [3.63, 3.8) is 0 Å². The molecule has 3 rings (SSSR count). The fraction of sp³-hybridized carbons (Fsp3) is 0.400. The van der Waals surface area contributed by atoms with Crippen molar-refractivity contribution in [1.82, 2.24) is 0 Å². The molecule has 0 aliphatic heterocycles. The van der Waals surface area contributed by atoms with Crippen molar-refractivity contribution in [3.05, 3.63) is 47.5 Å². The third-order valence-electron chi connectivity index (χ3n) is 4.35. The number of hydrogen-bond donors (Lipinski definition) is 0. The van der Waals surface area contributed by atoms with E-state index in [-0.39, 0.29) is 10.8 Å². The molecule has 0 fully saturated rings. The lowest BCUT2D eigenvalue weighted by Crippen LogP contribution is -2.14. The Hall–Kier alpha value is -1.56. The highest BCUT2D eigenvalue weighted by Crippen LogP contribution is 2.49. The van der Waals surface area contributed by atoms with Crippen molar-refractivity contribution in [2.45, 2.75) is 52.4 Å². The third-order valence-corrected chi connectivity index (χ3v) is 4.35. The predicted molar refractivity (Wildman–Crippen MR) is 88.3 cm³/mol. The van der Waals surface area contributed by atoms with Crippen LogP contribution < -0.4 is 0 Å². The van der Waals surface area contributed by atoms with Crippen LogP contribution in [0.4, 0.5) is 0 Å². The summed E-state index contributed by atoms with van der Waals surface area (Å²) in [5, 5.41) is 0. The molecule has 104 valence electrons. The Morgan fingerprint density at radius 2 is 0.850 bits per heavy atom. The van der Waals surface area contributed by atoms with Gasteiger partial charge in [-0.15, -0.1) is 0 Å². The van der Waals surface area contributed by atoms with Gasteiger partial charge in [0.05, 0.1) is 0 Å². The minimum absolute atomic E-state index is 0.215. The van der Waals surface area contributed by atoms with Gasteiger partial charge in [0, 0.05) is 0 Å². The predicted octanol–water partition coefficient (Wildman–Crippen LogP) is 5.93. The van der Waals surface area contributed by atoms with Crippen molar-refractivity contribution in [1.29, 1.82) is 0 Å². The van der Waals surface area contributed by atoms with Crippen LogP contribution in [0, 0.1) is 0 Å². The van der Waals surface area contributed by atoms with E-state index >= 15 is 0 Å². The lowest BCUT2D eigenvalue weighted by molar-refractivity contribution is 0.589. The van der Waals surface area contributed by atoms with E-state index in [0.29, 0.717) is 0 Å². The van der Waals surface area contributed by atoms with Crippen LogP contribution in [0.5, 0.6) is 0 Å². The molecule has 0 bridgehead atoms. The number of hydrogen-bond acceptors (Lipinski definition) is 0. The topological polar surface area (TPSA) is 0 Å². The molecule has 0 saturated heterocycles. The maximum Gasteiger partial charge on any atom is -0.00959 e. The number of fused-ring (bicyclic) bond motifs is 4. The van der Waals surface area contributed by atoms with Gasteiger partial charge in [0.1, 0.15) is 0 Å². The van der Waals surface area contributed by atoms with E-state index in [0.717, 1.165) is 0 Å². The van der Waals surface area contributed by atoms with Crippen molar-refractivity contribution < 1.29 is 0 Å². The van der Waals surface area contributed by atoms with Crippen LogP contribution in [0.1, 0.15) is 52.7 Å². The molecule has 20 heavy (non-hydrogen) atoms. The first kappa shape index (κ1) is 13.4. The summed E-state index contributed by atoms with van der Waals surface area (Å²) in [6.07, 6.45) is 0. The minimum atomic E-state index is 0.215. The van der Waals surface area contributed by atoms with Gasteiger partial charge in [-0.2, -0.15) is 0 Å². The van der Waals surface area contributed by atoms with Crippen LogP contribution in [-0.2, 0) is 10.8 Å². The molecule has 0 heterocycles. The zero-order valence-corrected chi connectivity index (χ0v) is 13.5. The monoisotopic (exact) mass is 264 g/mol. The molecule has 2 aromatic rings. The van der Waals surface area contributed by atoms with Crippen molar-refractivity contribution in [2.75, 3.05) is 0 Å². The molecule has 0 saturated carbocycles. The van der Waals surface area contributed by atoms with E-state index in [1.54, 1.807) is 0 Å². The Labute approximate surface area is 122 Å². The first-order chi connectivity index (χ1) is 9.18. The smallest absolute Gasteiger partial charge is 0.00959 e. The summed E-state index contributed by atoms with van der Waals surface area (Å²) < 4.78 is 0. The van der Waals surface area contributed by atoms with Crippen molar-refractivity contribution in [3.8, 4) is 22.3 Å². The van der Waals surface area contributed by atoms with Gasteiger partial charge in [-0.25, -0.2) is 0 Å². The maximum atomic E-state index is 2.38. The molecule has 0 atom stereocenters. The summed E-state index contributed by atoms with van der Waals surface area (Å²) in [6.45, 7) is 13.7. The standard InChI is InChI=1S/C20H24/c1-19(2,3)13-7-9-15-16-10-8-14(20(4,5)6)12-18(16)17(15)11-13/h7-12H,1-6H3. The SMILES string of the molecule is CC(C)(C)c1ccc2c(c1)-c1cc(C(C)(C)C)ccc1-2. The van der Waals surface area contributed by atoms with Crippen LogP contribution in [-0.4, -0.2) is 0 Å². The Morgan fingerprint density at radius 3 is 1.15 bits per heavy atom. The Balaban J connectivity index is 2.09. The van der Waals surface area contributed by atoms with Crippen LogP contribution in [0.15, 0.2) is 36.4 Å². The van der Waals surface area contributed by atoms with E-state index in [4.69, 9.17) is 0 Å². The number of rotatable bonds is 0. The molecule has 2 aromatic carbocycles. The van der Waals surface area contributed by atoms with Crippen molar-refractivity contribution in [2.24, 2.45) is 0 Å². The fourth-order valence-corrected chi connectivity index (χ4v) is 2.87. The lowest BCUT2D eigenvalue weighted by atomic mass is 9.74. The molecule has 0 aromatic heterocycles. The van der Waals surface area contributed by atoms with Gasteiger partial charge in [-0.05, 0) is 56.3 Å². The molecule has 0 amide bonds. The molecule has 1 aliphatic carbocycles. The summed E-state index contributed by atoms with van der Waals surface area (Å²) in [5.74, 6) is 0. The Bertz CT molecular complexity index is 615. The largest absolute Gasteiger partial charge is 0.0578 e. The second kappa shape index (κ2) is 3.97. The summed E-state index contributed by atoms with van der Waals surface area (Å²) in [4.78, 5) is 0. The second-order valence-corrected chi connectivity index (χ2v) is 8.02. The molecular formula is C20H24. The van der Waals surface area contributed by atoms with Crippen LogP contribution in [0.2, 0.25) is 0 Å². The average molecular weight is 264 g/mol. The van der Waals surface area contributed by atoms with E-state index < -0.39 is 0 Å². The van der Waals surface area contributed by atoms with E-state index in [1.807, 2.05) is 0 Å². The Morgan fingerprint density at radius 1 is 0.500 bits per heavy atom. The quantitative estimate of drug-likeness (QED) is 0.472. The van der Waals surface area contributed by atoms with Crippen LogP contribution in [0.3, 0.4) is 0 Å². The summed E-state index contributed by atoms with van der Waals surface area (Å²) in [7, 11) is 0. The average Bonchev–Trinajstić information content (AvgIpc) is 2.32. The highest BCUT2D eigenvalue weighted by Gasteiger charge is 2.26. The van der Waals surface area contributed by atoms with Gasteiger partial charge in [0.15, 0.2) is 0 Å². The third kappa shape index (κ3) is 1.98. The molecule has 0 unspecified atom stereocenters. The fourth-order valence-electron chi connectivity index (χ4n) is 2.87. The van der Waals surface area contributed by atoms with Gasteiger partial charge < -0.3 is 0 Å². The van der Waals surface area contributed by atoms with E-state index in [9.17, 15) is 0 Å². The summed E-state index contributed by atoms with van der Waals surface area (Å²) in [5.41, 5.74) is 8.95. The molecule has 0 nitrogen and oxygen atoms in total. The minimum Gasteiger partial charge on any atom is -0.0578 e. The molecule has 0 spiro atoms. The van der Waals surface area contributed by atoms with Gasteiger partial charge >= 0.3 is 0 Å². The molecule has 0 N–H and O–H groups in total. The van der Waals surface area contributed by atoms with Crippen LogP contribution >= 0.6 is 0 Å². The lowest BCUT2D eigenvalue weighted by Gasteiger charge is -2.30. The number of benzene rings is 2. The second-order valence-electron chi connectivity index (χ2n) is 8.02. The van der Waals surface area contributed by atoms with Gasteiger partial charge in [0.2, 0.25) is 0 Å². The maximum absolute atomic E-state index is 2.38. The molecule has 0 radical (unpaired) electrons.